The van der Waals surface area contributed by atoms with Crippen LogP contribution in [-0.2, 0) is 4.79 Å². The number of hydrogen-bond acceptors (Lipinski definition) is 4. The lowest BCUT2D eigenvalue weighted by Gasteiger charge is -2.05. The number of ether oxygens (including phenoxy) is 1. The zero-order chi connectivity index (χ0) is 17.9. The fourth-order valence-corrected chi connectivity index (χ4v) is 2.63. The average molecular weight is 360 g/mol. The Balaban J connectivity index is 1.74. The van der Waals surface area contributed by atoms with Gasteiger partial charge in [-0.2, -0.15) is 5.10 Å². The summed E-state index contributed by atoms with van der Waals surface area (Å²) in [5.41, 5.74) is 3.29. The maximum Gasteiger partial charge on any atom is 0.250 e. The molecule has 0 bridgehead atoms. The van der Waals surface area contributed by atoms with Crippen LogP contribution in [-0.4, -0.2) is 24.5 Å². The van der Waals surface area contributed by atoms with E-state index in [4.69, 9.17) is 4.74 Å². The Morgan fingerprint density at radius 3 is 2.72 bits per heavy atom. The van der Waals surface area contributed by atoms with Crippen LogP contribution >= 0.6 is 11.8 Å². The molecule has 0 fully saturated rings. The summed E-state index contributed by atoms with van der Waals surface area (Å²) in [4.78, 5) is 12.2. The van der Waals surface area contributed by atoms with Gasteiger partial charge in [0.15, 0.2) is 0 Å². The van der Waals surface area contributed by atoms with Crippen LogP contribution in [0.25, 0.3) is 0 Å². The highest BCUT2D eigenvalue weighted by Gasteiger charge is 2.05. The first-order valence-corrected chi connectivity index (χ1v) is 9.09. The molecular formula is C19H21FN2O2S. The van der Waals surface area contributed by atoms with Gasteiger partial charge in [0.1, 0.15) is 11.6 Å². The zero-order valence-corrected chi connectivity index (χ0v) is 14.9. The van der Waals surface area contributed by atoms with E-state index in [0.717, 1.165) is 35.9 Å². The second kappa shape index (κ2) is 10.5. The maximum absolute atomic E-state index is 13.5. The summed E-state index contributed by atoms with van der Waals surface area (Å²) in [5.74, 6) is 0.299. The number of halogens is 1. The van der Waals surface area contributed by atoms with Gasteiger partial charge in [-0.3, -0.25) is 4.79 Å². The molecule has 25 heavy (non-hydrogen) atoms. The molecule has 0 aliphatic carbocycles. The van der Waals surface area contributed by atoms with E-state index in [-0.39, 0.29) is 17.5 Å². The third-order valence-electron chi connectivity index (χ3n) is 3.25. The van der Waals surface area contributed by atoms with Gasteiger partial charge in [-0.25, -0.2) is 9.82 Å². The van der Waals surface area contributed by atoms with E-state index < -0.39 is 0 Å². The molecule has 6 heteroatoms. The molecule has 0 aliphatic heterocycles. The smallest absolute Gasteiger partial charge is 0.250 e. The van der Waals surface area contributed by atoms with E-state index in [9.17, 15) is 9.18 Å². The highest BCUT2D eigenvalue weighted by atomic mass is 32.2. The van der Waals surface area contributed by atoms with Crippen molar-refractivity contribution in [3.8, 4) is 5.75 Å². The first-order chi connectivity index (χ1) is 12.2. The number of nitrogens with zero attached hydrogens (tertiary/aromatic N) is 1. The van der Waals surface area contributed by atoms with Gasteiger partial charge in [-0.1, -0.05) is 25.5 Å². The van der Waals surface area contributed by atoms with Gasteiger partial charge in [0.2, 0.25) is 5.91 Å². The lowest BCUT2D eigenvalue weighted by Crippen LogP contribution is -2.19. The van der Waals surface area contributed by atoms with Crippen LogP contribution in [0, 0.1) is 5.82 Å². The highest BCUT2D eigenvalue weighted by molar-refractivity contribution is 8.00. The normalized spacial score (nSPS) is 10.8. The van der Waals surface area contributed by atoms with Crippen molar-refractivity contribution in [2.45, 2.75) is 24.7 Å². The standard InChI is InChI=1S/C19H21FN2O2S/c1-2-3-12-24-16-10-8-15(9-11-16)13-21-22-19(23)14-25-18-7-5-4-6-17(18)20/h4-11,13H,2-3,12,14H2,1H3,(H,22,23)/b21-13-. The van der Waals surface area contributed by atoms with E-state index >= 15 is 0 Å². The Labute approximate surface area is 151 Å². The van der Waals surface area contributed by atoms with Gasteiger partial charge in [0.05, 0.1) is 18.6 Å². The topological polar surface area (TPSA) is 50.7 Å². The summed E-state index contributed by atoms with van der Waals surface area (Å²) >= 11 is 1.14. The van der Waals surface area contributed by atoms with E-state index in [1.807, 2.05) is 24.3 Å². The predicted molar refractivity (Wildman–Crippen MR) is 99.7 cm³/mol. The monoisotopic (exact) mass is 360 g/mol. The number of unbranched alkanes of at least 4 members (excludes halogenated alkanes) is 1. The molecule has 0 spiro atoms. The first kappa shape index (κ1) is 19.0. The van der Waals surface area contributed by atoms with Crippen LogP contribution < -0.4 is 10.2 Å². The van der Waals surface area contributed by atoms with E-state index in [1.165, 1.54) is 6.07 Å². The fourth-order valence-electron chi connectivity index (χ4n) is 1.90. The third-order valence-corrected chi connectivity index (χ3v) is 4.29. The number of carbonyl (C=O) groups is 1. The number of hydrogen-bond donors (Lipinski definition) is 1. The molecule has 4 nitrogen and oxygen atoms in total. The quantitative estimate of drug-likeness (QED) is 0.315. The molecule has 0 aromatic heterocycles. The molecule has 132 valence electrons. The fraction of sp³-hybridized carbons (Fsp3) is 0.263. The third kappa shape index (κ3) is 6.97. The number of nitrogens with one attached hydrogen (secondary N) is 1. The number of thioether (sulfide) groups is 1. The molecule has 0 atom stereocenters. The van der Waals surface area contributed by atoms with Crippen molar-refractivity contribution in [1.29, 1.82) is 0 Å². The molecule has 1 amide bonds. The lowest BCUT2D eigenvalue weighted by molar-refractivity contribution is -0.118. The Kier molecular flexibility index (Phi) is 7.98. The largest absolute Gasteiger partial charge is 0.494 e. The Bertz CT molecular complexity index is 705. The molecule has 0 aliphatic rings. The summed E-state index contributed by atoms with van der Waals surface area (Å²) < 4.78 is 19.0. The average Bonchev–Trinajstić information content (AvgIpc) is 2.62. The summed E-state index contributed by atoms with van der Waals surface area (Å²) in [6.45, 7) is 2.83. The maximum atomic E-state index is 13.5. The number of rotatable bonds is 9. The number of benzene rings is 2. The Hall–Kier alpha value is -2.34. The van der Waals surface area contributed by atoms with Crippen molar-refractivity contribution in [1.82, 2.24) is 5.43 Å². The van der Waals surface area contributed by atoms with Gasteiger partial charge < -0.3 is 4.74 Å². The summed E-state index contributed by atoms with van der Waals surface area (Å²) in [6, 6.07) is 13.8. The van der Waals surface area contributed by atoms with Crippen LogP contribution in [0.1, 0.15) is 25.3 Å². The molecule has 1 N–H and O–H groups in total. The van der Waals surface area contributed by atoms with Gasteiger partial charge in [-0.15, -0.1) is 11.8 Å². The van der Waals surface area contributed by atoms with E-state index in [2.05, 4.69) is 17.5 Å². The molecule has 0 saturated heterocycles. The van der Waals surface area contributed by atoms with Crippen LogP contribution in [0.5, 0.6) is 5.75 Å². The van der Waals surface area contributed by atoms with Gasteiger partial charge >= 0.3 is 0 Å². The molecule has 0 unspecified atom stereocenters. The second-order valence-electron chi connectivity index (χ2n) is 5.28. The minimum Gasteiger partial charge on any atom is -0.494 e. The van der Waals surface area contributed by atoms with Gasteiger partial charge in [-0.05, 0) is 48.4 Å². The number of hydrazone groups is 1. The molecule has 0 radical (unpaired) electrons. The molecular weight excluding hydrogens is 339 g/mol. The predicted octanol–water partition coefficient (Wildman–Crippen LogP) is 4.25. The molecule has 2 aromatic rings. The van der Waals surface area contributed by atoms with Crippen molar-refractivity contribution in [3.63, 3.8) is 0 Å². The first-order valence-electron chi connectivity index (χ1n) is 8.11. The zero-order valence-electron chi connectivity index (χ0n) is 14.1. The second-order valence-corrected chi connectivity index (χ2v) is 6.30. The van der Waals surface area contributed by atoms with E-state index in [1.54, 1.807) is 24.4 Å². The minimum absolute atomic E-state index is 0.0997. The number of carbonyl (C=O) groups excluding carboxylic acids is 1. The van der Waals surface area contributed by atoms with Gasteiger partial charge in [0.25, 0.3) is 0 Å². The van der Waals surface area contributed by atoms with Crippen LogP contribution in [0.15, 0.2) is 58.5 Å². The van der Waals surface area contributed by atoms with Gasteiger partial charge in [0, 0.05) is 4.90 Å². The molecule has 2 rings (SSSR count). The van der Waals surface area contributed by atoms with Crippen molar-refractivity contribution in [3.05, 3.63) is 59.9 Å². The molecule has 0 heterocycles. The van der Waals surface area contributed by atoms with Crippen LogP contribution in [0.4, 0.5) is 4.39 Å². The SMILES string of the molecule is CCCCOc1ccc(/C=N\NC(=O)CSc2ccccc2F)cc1. The van der Waals surface area contributed by atoms with Crippen molar-refractivity contribution < 1.29 is 13.9 Å². The highest BCUT2D eigenvalue weighted by Crippen LogP contribution is 2.20. The van der Waals surface area contributed by atoms with Crippen molar-refractivity contribution in [2.24, 2.45) is 5.10 Å². The summed E-state index contributed by atoms with van der Waals surface area (Å²) in [6.07, 6.45) is 3.68. The van der Waals surface area contributed by atoms with Crippen LogP contribution in [0.3, 0.4) is 0 Å². The summed E-state index contributed by atoms with van der Waals surface area (Å²) in [7, 11) is 0. The lowest BCUT2D eigenvalue weighted by atomic mass is 10.2. The Morgan fingerprint density at radius 2 is 2.00 bits per heavy atom. The van der Waals surface area contributed by atoms with Crippen LogP contribution in [0.2, 0.25) is 0 Å². The Morgan fingerprint density at radius 1 is 1.24 bits per heavy atom. The molecule has 0 saturated carbocycles. The molecule has 2 aromatic carbocycles. The minimum atomic E-state index is -0.329. The number of amides is 1. The summed E-state index contributed by atoms with van der Waals surface area (Å²) in [5, 5.41) is 3.91. The van der Waals surface area contributed by atoms with Crippen molar-refractivity contribution >= 4 is 23.9 Å². The van der Waals surface area contributed by atoms with E-state index in [0.29, 0.717) is 11.5 Å². The van der Waals surface area contributed by atoms with Crippen molar-refractivity contribution in [2.75, 3.05) is 12.4 Å².